The van der Waals surface area contributed by atoms with E-state index >= 15 is 0 Å². The van der Waals surface area contributed by atoms with E-state index in [0.717, 1.165) is 30.6 Å². The highest BCUT2D eigenvalue weighted by Crippen LogP contribution is 2.19. The molecule has 1 aromatic rings. The maximum absolute atomic E-state index is 4.59. The first-order chi connectivity index (χ1) is 8.25. The van der Waals surface area contributed by atoms with Gasteiger partial charge in [0.05, 0.1) is 0 Å². The molecule has 2 heterocycles. The van der Waals surface area contributed by atoms with Crippen LogP contribution in [0.4, 0.5) is 0 Å². The molecule has 2 atom stereocenters. The lowest BCUT2D eigenvalue weighted by atomic mass is 10.1. The summed E-state index contributed by atoms with van der Waals surface area (Å²) in [5.74, 6) is 1.90. The zero-order valence-corrected chi connectivity index (χ0v) is 11.3. The maximum atomic E-state index is 4.59. The molecule has 1 saturated heterocycles. The Kier molecular flexibility index (Phi) is 4.48. The number of aryl methyl sites for hydroxylation is 1. The first kappa shape index (κ1) is 12.5. The van der Waals surface area contributed by atoms with Gasteiger partial charge in [-0.3, -0.25) is 9.67 Å². The zero-order valence-electron chi connectivity index (χ0n) is 10.5. The third kappa shape index (κ3) is 3.77. The van der Waals surface area contributed by atoms with Crippen molar-refractivity contribution in [2.24, 2.45) is 10.9 Å². The first-order valence-electron chi connectivity index (χ1n) is 6.17. The van der Waals surface area contributed by atoms with E-state index in [2.05, 4.69) is 29.3 Å². The third-order valence-corrected chi connectivity index (χ3v) is 4.26. The summed E-state index contributed by atoms with van der Waals surface area (Å²) in [4.78, 5) is 4.59. The van der Waals surface area contributed by atoms with E-state index in [0.29, 0.717) is 6.04 Å². The lowest BCUT2D eigenvalue weighted by Gasteiger charge is -2.28. The summed E-state index contributed by atoms with van der Waals surface area (Å²) in [6.45, 7) is 6.32. The predicted molar refractivity (Wildman–Crippen MR) is 73.4 cm³/mol. The van der Waals surface area contributed by atoms with Crippen LogP contribution in [-0.2, 0) is 6.54 Å². The van der Waals surface area contributed by atoms with Crippen molar-refractivity contribution >= 4 is 16.9 Å². The number of thioether (sulfide) groups is 1. The summed E-state index contributed by atoms with van der Waals surface area (Å²) in [6, 6.07) is 2.49. The molecule has 0 bridgehead atoms. The maximum Gasteiger partial charge on any atom is 0.156 e. The summed E-state index contributed by atoms with van der Waals surface area (Å²) in [6.07, 6.45) is 4.84. The number of amidine groups is 1. The Morgan fingerprint density at radius 1 is 1.59 bits per heavy atom. The molecule has 0 spiro atoms. The summed E-state index contributed by atoms with van der Waals surface area (Å²) in [5.41, 5.74) is 0. The predicted octanol–water partition coefficient (Wildman–Crippen LogP) is 1.99. The number of hydrogen-bond donors (Lipinski definition) is 1. The molecule has 1 fully saturated rings. The van der Waals surface area contributed by atoms with E-state index in [4.69, 9.17) is 0 Å². The lowest BCUT2D eigenvalue weighted by molar-refractivity contribution is 0.489. The van der Waals surface area contributed by atoms with Gasteiger partial charge in [0, 0.05) is 37.3 Å². The van der Waals surface area contributed by atoms with Crippen molar-refractivity contribution in [3.8, 4) is 0 Å². The molecule has 5 heteroatoms. The van der Waals surface area contributed by atoms with Crippen LogP contribution in [0.3, 0.4) is 0 Å². The smallest absolute Gasteiger partial charge is 0.156 e. The Balaban J connectivity index is 1.70. The van der Waals surface area contributed by atoms with Crippen molar-refractivity contribution in [2.75, 3.05) is 12.3 Å². The second kappa shape index (κ2) is 6.10. The normalized spacial score (nSPS) is 27.1. The number of aliphatic imine (C=N–C) groups is 1. The summed E-state index contributed by atoms with van der Waals surface area (Å²) in [5, 5.41) is 8.73. The van der Waals surface area contributed by atoms with Gasteiger partial charge in [-0.05, 0) is 25.3 Å². The van der Waals surface area contributed by atoms with Gasteiger partial charge < -0.3 is 5.32 Å². The van der Waals surface area contributed by atoms with Crippen molar-refractivity contribution in [1.29, 1.82) is 0 Å². The Morgan fingerprint density at radius 3 is 3.18 bits per heavy atom. The minimum absolute atomic E-state index is 0.543. The topological polar surface area (TPSA) is 42.2 Å². The molecule has 1 aliphatic rings. The lowest BCUT2D eigenvalue weighted by Crippen LogP contribution is -2.41. The molecule has 2 rings (SSSR count). The number of nitrogens with zero attached hydrogens (tertiary/aromatic N) is 3. The molecule has 17 heavy (non-hydrogen) atoms. The largest absolute Gasteiger partial charge is 0.362 e. The average Bonchev–Trinajstić information content (AvgIpc) is 2.82. The van der Waals surface area contributed by atoms with Crippen LogP contribution in [0, 0.1) is 5.92 Å². The highest BCUT2D eigenvalue weighted by molar-refractivity contribution is 8.13. The van der Waals surface area contributed by atoms with Crippen LogP contribution < -0.4 is 5.32 Å². The van der Waals surface area contributed by atoms with Crippen LogP contribution in [-0.4, -0.2) is 33.3 Å². The number of aromatic nitrogens is 2. The fraction of sp³-hybridized carbons (Fsp3) is 0.667. The van der Waals surface area contributed by atoms with Crippen LogP contribution in [0.1, 0.15) is 20.3 Å². The number of nitrogens with one attached hydrogen (secondary N) is 1. The second-order valence-corrected chi connectivity index (χ2v) is 5.54. The Labute approximate surface area is 107 Å². The third-order valence-electron chi connectivity index (χ3n) is 3.05. The molecule has 1 N–H and O–H groups in total. The average molecular weight is 252 g/mol. The van der Waals surface area contributed by atoms with Crippen molar-refractivity contribution in [1.82, 2.24) is 15.1 Å². The van der Waals surface area contributed by atoms with Crippen LogP contribution >= 0.6 is 11.8 Å². The number of hydrogen-bond acceptors (Lipinski definition) is 3. The highest BCUT2D eigenvalue weighted by Gasteiger charge is 2.20. The minimum atomic E-state index is 0.543. The Bertz CT molecular complexity index is 361. The van der Waals surface area contributed by atoms with Crippen molar-refractivity contribution in [3.63, 3.8) is 0 Å². The van der Waals surface area contributed by atoms with Crippen molar-refractivity contribution in [2.45, 2.75) is 32.9 Å². The van der Waals surface area contributed by atoms with Crippen LogP contribution in [0.15, 0.2) is 23.5 Å². The summed E-state index contributed by atoms with van der Waals surface area (Å²) >= 11 is 1.84. The molecule has 1 aromatic heterocycles. The van der Waals surface area contributed by atoms with Crippen LogP contribution in [0.25, 0.3) is 0 Å². The standard InChI is InChI=1S/C12H20N4S/c1-10-9-17-12(15-11(10)2)13-5-3-7-16-8-4-6-14-16/h4,6,8,10-11H,3,5,7,9H2,1-2H3,(H,13,15). The molecule has 0 radical (unpaired) electrons. The van der Waals surface area contributed by atoms with E-state index in [1.165, 1.54) is 5.75 Å². The van der Waals surface area contributed by atoms with Gasteiger partial charge in [0.15, 0.2) is 5.17 Å². The monoisotopic (exact) mass is 252 g/mol. The molecule has 0 aromatic carbocycles. The molecule has 94 valence electrons. The Morgan fingerprint density at radius 2 is 2.47 bits per heavy atom. The van der Waals surface area contributed by atoms with Crippen molar-refractivity contribution in [3.05, 3.63) is 18.5 Å². The van der Waals surface area contributed by atoms with E-state index < -0.39 is 0 Å². The molecular formula is C12H20N4S. The SMILES string of the molecule is CC1CSC(=NCCCn2cccn2)NC1C. The summed E-state index contributed by atoms with van der Waals surface area (Å²) in [7, 11) is 0. The molecule has 1 aliphatic heterocycles. The van der Waals surface area contributed by atoms with Crippen molar-refractivity contribution < 1.29 is 0 Å². The molecule has 0 aliphatic carbocycles. The van der Waals surface area contributed by atoms with Crippen LogP contribution in [0.2, 0.25) is 0 Å². The molecule has 0 amide bonds. The van der Waals surface area contributed by atoms with Gasteiger partial charge in [-0.25, -0.2) is 0 Å². The van der Waals surface area contributed by atoms with E-state index in [9.17, 15) is 0 Å². The molecule has 0 saturated carbocycles. The van der Waals surface area contributed by atoms with Gasteiger partial charge in [0.1, 0.15) is 0 Å². The highest BCUT2D eigenvalue weighted by atomic mass is 32.2. The zero-order chi connectivity index (χ0) is 12.1. The van der Waals surface area contributed by atoms with Gasteiger partial charge in [-0.1, -0.05) is 18.7 Å². The number of rotatable bonds is 4. The van der Waals surface area contributed by atoms with Gasteiger partial charge in [0.2, 0.25) is 0 Å². The van der Waals surface area contributed by atoms with Gasteiger partial charge in [-0.15, -0.1) is 0 Å². The molecule has 2 unspecified atom stereocenters. The summed E-state index contributed by atoms with van der Waals surface area (Å²) < 4.78 is 1.95. The van der Waals surface area contributed by atoms with E-state index in [1.54, 1.807) is 0 Å². The fourth-order valence-electron chi connectivity index (χ4n) is 1.67. The Hall–Kier alpha value is -0.970. The van der Waals surface area contributed by atoms with Gasteiger partial charge in [0.25, 0.3) is 0 Å². The quantitative estimate of drug-likeness (QED) is 0.833. The molecule has 4 nitrogen and oxygen atoms in total. The van der Waals surface area contributed by atoms with Crippen LogP contribution in [0.5, 0.6) is 0 Å². The minimum Gasteiger partial charge on any atom is -0.362 e. The van der Waals surface area contributed by atoms with Gasteiger partial charge >= 0.3 is 0 Å². The first-order valence-corrected chi connectivity index (χ1v) is 7.15. The van der Waals surface area contributed by atoms with E-state index in [1.807, 2.05) is 34.9 Å². The van der Waals surface area contributed by atoms with E-state index in [-0.39, 0.29) is 0 Å². The molecular weight excluding hydrogens is 232 g/mol. The fourth-order valence-corrected chi connectivity index (χ4v) is 2.83. The van der Waals surface area contributed by atoms with Gasteiger partial charge in [-0.2, -0.15) is 5.10 Å². The second-order valence-electron chi connectivity index (χ2n) is 4.53.